The van der Waals surface area contributed by atoms with Gasteiger partial charge in [-0.1, -0.05) is 5.92 Å². The van der Waals surface area contributed by atoms with E-state index in [0.29, 0.717) is 6.54 Å². The molecule has 0 radical (unpaired) electrons. The van der Waals surface area contributed by atoms with E-state index in [1.165, 1.54) is 16.8 Å². The Morgan fingerprint density at radius 3 is 2.45 bits per heavy atom. The lowest BCUT2D eigenvalue weighted by Gasteiger charge is -1.99. The smallest absolute Gasteiger partial charge is 0.0831 e. The minimum absolute atomic E-state index is 0.681. The van der Waals surface area contributed by atoms with Crippen molar-refractivity contribution in [3.63, 3.8) is 0 Å². The molecule has 1 rings (SSSR count). The Bertz CT molecular complexity index is 299. The first-order valence-corrected chi connectivity index (χ1v) is 3.73. The second-order valence-electron chi connectivity index (χ2n) is 2.85. The quantitative estimate of drug-likeness (QED) is 0.536. The van der Waals surface area contributed by atoms with Crippen molar-refractivity contribution in [2.24, 2.45) is 0 Å². The molecule has 1 aromatic rings. The van der Waals surface area contributed by atoms with Gasteiger partial charge < -0.3 is 4.57 Å². The van der Waals surface area contributed by atoms with Crippen molar-refractivity contribution < 1.29 is 0 Å². The molecule has 0 aliphatic heterocycles. The van der Waals surface area contributed by atoms with Gasteiger partial charge in [0.1, 0.15) is 0 Å². The second kappa shape index (κ2) is 2.84. The van der Waals surface area contributed by atoms with Crippen molar-refractivity contribution in [2.45, 2.75) is 27.3 Å². The fourth-order valence-corrected chi connectivity index (χ4v) is 1.19. The molecule has 0 spiro atoms. The standard InChI is InChI=1S/C10H13N/c1-5-6-11-7-8(2)9(3)10(11)4/h1,7H,6H2,2-4H3. The summed E-state index contributed by atoms with van der Waals surface area (Å²) in [6.45, 7) is 7.01. The molecule has 1 heterocycles. The normalized spacial score (nSPS) is 9.64. The van der Waals surface area contributed by atoms with Gasteiger partial charge in [0.25, 0.3) is 0 Å². The molecule has 0 N–H and O–H groups in total. The summed E-state index contributed by atoms with van der Waals surface area (Å²) < 4.78 is 2.10. The lowest BCUT2D eigenvalue weighted by molar-refractivity contribution is 0.811. The summed E-state index contributed by atoms with van der Waals surface area (Å²) in [4.78, 5) is 0. The molecule has 0 unspecified atom stereocenters. The van der Waals surface area contributed by atoms with Crippen LogP contribution in [-0.2, 0) is 6.54 Å². The Balaban J connectivity index is 3.10. The highest BCUT2D eigenvalue weighted by atomic mass is 15.0. The zero-order chi connectivity index (χ0) is 8.43. The number of aryl methyl sites for hydroxylation is 1. The molecule has 0 saturated carbocycles. The Morgan fingerprint density at radius 2 is 2.09 bits per heavy atom. The Morgan fingerprint density at radius 1 is 1.45 bits per heavy atom. The average Bonchev–Trinajstić information content (AvgIpc) is 2.19. The monoisotopic (exact) mass is 147 g/mol. The summed E-state index contributed by atoms with van der Waals surface area (Å²) in [5, 5.41) is 0. The van der Waals surface area contributed by atoms with Crippen LogP contribution in [0.3, 0.4) is 0 Å². The third kappa shape index (κ3) is 1.30. The highest BCUT2D eigenvalue weighted by Crippen LogP contribution is 2.13. The average molecular weight is 147 g/mol. The summed E-state index contributed by atoms with van der Waals surface area (Å²) in [6, 6.07) is 0. The zero-order valence-electron chi connectivity index (χ0n) is 7.31. The molecule has 0 amide bonds. The van der Waals surface area contributed by atoms with Crippen LogP contribution in [-0.4, -0.2) is 4.57 Å². The molecule has 1 aromatic heterocycles. The topological polar surface area (TPSA) is 4.93 Å². The SMILES string of the molecule is C#CCn1cc(C)c(C)c1C. The van der Waals surface area contributed by atoms with Crippen LogP contribution in [0.1, 0.15) is 16.8 Å². The van der Waals surface area contributed by atoms with Gasteiger partial charge in [0.2, 0.25) is 0 Å². The van der Waals surface area contributed by atoms with Crippen molar-refractivity contribution in [3.8, 4) is 12.3 Å². The van der Waals surface area contributed by atoms with Gasteiger partial charge in [0.05, 0.1) is 6.54 Å². The van der Waals surface area contributed by atoms with Crippen LogP contribution >= 0.6 is 0 Å². The molecule has 0 saturated heterocycles. The Kier molecular flexibility index (Phi) is 2.05. The second-order valence-corrected chi connectivity index (χ2v) is 2.85. The molecule has 0 bridgehead atoms. The first-order valence-electron chi connectivity index (χ1n) is 3.73. The fourth-order valence-electron chi connectivity index (χ4n) is 1.19. The first kappa shape index (κ1) is 7.94. The summed E-state index contributed by atoms with van der Waals surface area (Å²) in [7, 11) is 0. The highest BCUT2D eigenvalue weighted by molar-refractivity contribution is 5.29. The van der Waals surface area contributed by atoms with E-state index in [1.54, 1.807) is 0 Å². The van der Waals surface area contributed by atoms with Crippen LogP contribution in [0, 0.1) is 33.1 Å². The van der Waals surface area contributed by atoms with E-state index in [0.717, 1.165) is 0 Å². The maximum atomic E-state index is 5.22. The third-order valence-electron chi connectivity index (χ3n) is 2.18. The first-order chi connectivity index (χ1) is 5.16. The molecule has 1 nitrogen and oxygen atoms in total. The number of nitrogens with zero attached hydrogens (tertiary/aromatic N) is 1. The van der Waals surface area contributed by atoms with Gasteiger partial charge in [0, 0.05) is 11.9 Å². The largest absolute Gasteiger partial charge is 0.340 e. The van der Waals surface area contributed by atoms with E-state index in [4.69, 9.17) is 6.42 Å². The zero-order valence-corrected chi connectivity index (χ0v) is 7.31. The molecule has 58 valence electrons. The minimum atomic E-state index is 0.681. The van der Waals surface area contributed by atoms with Gasteiger partial charge in [-0.05, 0) is 31.9 Å². The molecule has 0 atom stereocenters. The fraction of sp³-hybridized carbons (Fsp3) is 0.400. The van der Waals surface area contributed by atoms with Crippen LogP contribution in [0.5, 0.6) is 0 Å². The number of hydrogen-bond donors (Lipinski definition) is 0. The maximum absolute atomic E-state index is 5.22. The lowest BCUT2D eigenvalue weighted by Crippen LogP contribution is -1.95. The predicted molar refractivity (Wildman–Crippen MR) is 47.5 cm³/mol. The molecule has 0 aromatic carbocycles. The van der Waals surface area contributed by atoms with Crippen molar-refractivity contribution in [2.75, 3.05) is 0 Å². The van der Waals surface area contributed by atoms with Crippen molar-refractivity contribution in [1.82, 2.24) is 4.57 Å². The predicted octanol–water partition coefficient (Wildman–Crippen LogP) is 2.05. The molecule has 11 heavy (non-hydrogen) atoms. The van der Waals surface area contributed by atoms with Crippen LogP contribution in [0.25, 0.3) is 0 Å². The van der Waals surface area contributed by atoms with Crippen molar-refractivity contribution >= 4 is 0 Å². The van der Waals surface area contributed by atoms with Crippen LogP contribution < -0.4 is 0 Å². The van der Waals surface area contributed by atoms with E-state index >= 15 is 0 Å². The van der Waals surface area contributed by atoms with E-state index in [2.05, 4.69) is 37.5 Å². The van der Waals surface area contributed by atoms with Crippen molar-refractivity contribution in [3.05, 3.63) is 23.0 Å². The summed E-state index contributed by atoms with van der Waals surface area (Å²) in [5.41, 5.74) is 3.94. The van der Waals surface area contributed by atoms with Gasteiger partial charge in [-0.25, -0.2) is 0 Å². The van der Waals surface area contributed by atoms with Gasteiger partial charge in [-0.2, -0.15) is 0 Å². The van der Waals surface area contributed by atoms with Gasteiger partial charge >= 0.3 is 0 Å². The van der Waals surface area contributed by atoms with E-state index in [-0.39, 0.29) is 0 Å². The van der Waals surface area contributed by atoms with E-state index in [1.807, 2.05) is 0 Å². The Hall–Kier alpha value is -1.16. The summed E-state index contributed by atoms with van der Waals surface area (Å²) in [5.74, 6) is 2.63. The van der Waals surface area contributed by atoms with Crippen LogP contribution in [0.2, 0.25) is 0 Å². The summed E-state index contributed by atoms with van der Waals surface area (Å²) >= 11 is 0. The summed E-state index contributed by atoms with van der Waals surface area (Å²) in [6.07, 6.45) is 7.32. The van der Waals surface area contributed by atoms with Gasteiger partial charge in [0.15, 0.2) is 0 Å². The van der Waals surface area contributed by atoms with Gasteiger partial charge in [-0.3, -0.25) is 0 Å². The van der Waals surface area contributed by atoms with E-state index in [9.17, 15) is 0 Å². The number of aromatic nitrogens is 1. The molecular weight excluding hydrogens is 134 g/mol. The third-order valence-corrected chi connectivity index (χ3v) is 2.18. The van der Waals surface area contributed by atoms with Crippen LogP contribution in [0.15, 0.2) is 6.20 Å². The van der Waals surface area contributed by atoms with Crippen LogP contribution in [0.4, 0.5) is 0 Å². The Labute approximate surface area is 68.0 Å². The van der Waals surface area contributed by atoms with Gasteiger partial charge in [-0.15, -0.1) is 6.42 Å². The minimum Gasteiger partial charge on any atom is -0.340 e. The molecule has 0 aliphatic carbocycles. The number of rotatable bonds is 1. The highest BCUT2D eigenvalue weighted by Gasteiger charge is 2.02. The lowest BCUT2D eigenvalue weighted by atomic mass is 10.2. The molecule has 0 fully saturated rings. The number of terminal acetylenes is 1. The maximum Gasteiger partial charge on any atom is 0.0831 e. The van der Waals surface area contributed by atoms with E-state index < -0.39 is 0 Å². The number of hydrogen-bond acceptors (Lipinski definition) is 0. The van der Waals surface area contributed by atoms with Crippen molar-refractivity contribution in [1.29, 1.82) is 0 Å². The molecule has 1 heteroatoms. The molecular formula is C10H13N. The molecule has 0 aliphatic rings.